The Morgan fingerprint density at radius 2 is 1.50 bits per heavy atom. The van der Waals surface area contributed by atoms with Gasteiger partial charge in [0.1, 0.15) is 11.5 Å². The second-order valence-electron chi connectivity index (χ2n) is 6.40. The van der Waals surface area contributed by atoms with Crippen molar-refractivity contribution in [3.8, 4) is 0 Å². The Morgan fingerprint density at radius 3 is 2.13 bits per heavy atom. The van der Waals surface area contributed by atoms with E-state index in [1.165, 1.54) is 17.0 Å². The van der Waals surface area contributed by atoms with Crippen LogP contribution >= 0.6 is 23.2 Å². The minimum absolute atomic E-state index is 0.0872. The summed E-state index contributed by atoms with van der Waals surface area (Å²) in [7, 11) is 0. The first-order chi connectivity index (χ1) is 14.4. The quantitative estimate of drug-likeness (QED) is 0.296. The largest absolute Gasteiger partial charge is 0.282 e. The maximum Gasteiger partial charge on any atom is 0.282 e. The number of nitrogens with zero attached hydrogens (tertiary/aromatic N) is 3. The molecule has 148 valence electrons. The van der Waals surface area contributed by atoms with Gasteiger partial charge in [0.2, 0.25) is 0 Å². The number of amidine groups is 1. The Bertz CT molecular complexity index is 1200. The summed E-state index contributed by atoms with van der Waals surface area (Å²) in [6.45, 7) is 0. The molecular weight excluding hydrogens is 425 g/mol. The van der Waals surface area contributed by atoms with E-state index >= 15 is 0 Å². The number of anilines is 1. The van der Waals surface area contributed by atoms with Crippen LogP contribution in [0.25, 0.3) is 6.08 Å². The van der Waals surface area contributed by atoms with Crippen molar-refractivity contribution in [3.05, 3.63) is 110 Å². The van der Waals surface area contributed by atoms with Crippen LogP contribution in [0.3, 0.4) is 0 Å². The molecule has 0 aromatic heterocycles. The summed E-state index contributed by atoms with van der Waals surface area (Å²) in [6.07, 6.45) is 1.42. The van der Waals surface area contributed by atoms with E-state index in [9.17, 15) is 14.9 Å². The third kappa shape index (κ3) is 3.83. The zero-order chi connectivity index (χ0) is 21.3. The molecule has 0 atom stereocenters. The molecule has 0 saturated heterocycles. The van der Waals surface area contributed by atoms with Gasteiger partial charge in [0.25, 0.3) is 11.6 Å². The number of amides is 1. The van der Waals surface area contributed by atoms with E-state index in [4.69, 9.17) is 23.2 Å². The lowest BCUT2D eigenvalue weighted by molar-refractivity contribution is -0.385. The van der Waals surface area contributed by atoms with Gasteiger partial charge in [-0.05, 0) is 60.7 Å². The molecule has 0 spiro atoms. The molecule has 0 saturated carbocycles. The normalized spacial score (nSPS) is 14.9. The van der Waals surface area contributed by atoms with Crippen LogP contribution in [-0.2, 0) is 4.79 Å². The molecule has 0 radical (unpaired) electrons. The van der Waals surface area contributed by atoms with Gasteiger partial charge in [0.15, 0.2) is 0 Å². The van der Waals surface area contributed by atoms with Gasteiger partial charge in [0, 0.05) is 21.7 Å². The zero-order valence-corrected chi connectivity index (χ0v) is 16.8. The maximum absolute atomic E-state index is 13.2. The van der Waals surface area contributed by atoms with E-state index in [0.29, 0.717) is 32.7 Å². The molecular formula is C22H13Cl2N3O3. The minimum atomic E-state index is -0.493. The average molecular weight is 438 g/mol. The van der Waals surface area contributed by atoms with Crippen molar-refractivity contribution >= 4 is 52.4 Å². The highest BCUT2D eigenvalue weighted by molar-refractivity contribution is 6.34. The Balaban J connectivity index is 1.85. The Labute approximate surface area is 181 Å². The van der Waals surface area contributed by atoms with Crippen molar-refractivity contribution in [3.63, 3.8) is 0 Å². The number of hydrogen-bond donors (Lipinski definition) is 0. The van der Waals surface area contributed by atoms with E-state index in [1.807, 2.05) is 0 Å². The highest BCUT2D eigenvalue weighted by Gasteiger charge is 2.33. The molecule has 4 rings (SSSR count). The third-order valence-electron chi connectivity index (χ3n) is 4.47. The van der Waals surface area contributed by atoms with Gasteiger partial charge >= 0.3 is 0 Å². The number of nitro benzene ring substituents is 1. The molecule has 1 amide bonds. The lowest BCUT2D eigenvalue weighted by Gasteiger charge is -2.18. The van der Waals surface area contributed by atoms with E-state index in [1.54, 1.807) is 66.7 Å². The van der Waals surface area contributed by atoms with Crippen molar-refractivity contribution in [2.75, 3.05) is 4.90 Å². The topological polar surface area (TPSA) is 75.8 Å². The van der Waals surface area contributed by atoms with Gasteiger partial charge in [-0.2, -0.15) is 0 Å². The Hall–Kier alpha value is -3.48. The standard InChI is InChI=1S/C22H13Cl2N3O3/c23-16-7-5-14(6-8-16)21-25-19(13-15-3-1-2-4-20(15)27(29)30)22(28)26(21)18-11-9-17(24)10-12-18/h1-13H/b19-13+. The molecule has 1 heterocycles. The van der Waals surface area contributed by atoms with Crippen LogP contribution in [0.1, 0.15) is 11.1 Å². The van der Waals surface area contributed by atoms with Gasteiger partial charge < -0.3 is 0 Å². The van der Waals surface area contributed by atoms with Crippen LogP contribution in [0, 0.1) is 10.1 Å². The molecule has 3 aromatic rings. The van der Waals surface area contributed by atoms with Crippen molar-refractivity contribution in [2.45, 2.75) is 0 Å². The molecule has 3 aromatic carbocycles. The van der Waals surface area contributed by atoms with Gasteiger partial charge in [-0.15, -0.1) is 0 Å². The van der Waals surface area contributed by atoms with Crippen molar-refractivity contribution in [1.82, 2.24) is 0 Å². The number of carbonyl (C=O) groups is 1. The second kappa shape index (κ2) is 8.10. The molecule has 1 aliphatic heterocycles. The lowest BCUT2D eigenvalue weighted by Crippen LogP contribution is -2.32. The fourth-order valence-corrected chi connectivity index (χ4v) is 3.31. The Morgan fingerprint density at radius 1 is 0.900 bits per heavy atom. The summed E-state index contributed by atoms with van der Waals surface area (Å²) in [5.74, 6) is -0.00996. The molecule has 0 unspecified atom stereocenters. The predicted octanol–water partition coefficient (Wildman–Crippen LogP) is 5.74. The summed E-state index contributed by atoms with van der Waals surface area (Å²) in [4.78, 5) is 30.0. The molecule has 30 heavy (non-hydrogen) atoms. The summed E-state index contributed by atoms with van der Waals surface area (Å²) >= 11 is 12.0. The van der Waals surface area contributed by atoms with Crippen molar-refractivity contribution < 1.29 is 9.72 Å². The van der Waals surface area contributed by atoms with Crippen LogP contribution in [0.5, 0.6) is 0 Å². The monoisotopic (exact) mass is 437 g/mol. The summed E-state index contributed by atoms with van der Waals surface area (Å²) in [5.41, 5.74) is 1.52. The van der Waals surface area contributed by atoms with E-state index in [0.717, 1.165) is 0 Å². The summed E-state index contributed by atoms with van der Waals surface area (Å²) < 4.78 is 0. The molecule has 0 N–H and O–H groups in total. The van der Waals surface area contributed by atoms with Crippen molar-refractivity contribution in [1.29, 1.82) is 0 Å². The highest BCUT2D eigenvalue weighted by Crippen LogP contribution is 2.30. The van der Waals surface area contributed by atoms with Crippen molar-refractivity contribution in [2.24, 2.45) is 4.99 Å². The maximum atomic E-state index is 13.2. The smallest absolute Gasteiger partial charge is 0.266 e. The number of nitro groups is 1. The van der Waals surface area contributed by atoms with Gasteiger partial charge in [-0.25, -0.2) is 4.99 Å². The number of rotatable bonds is 4. The van der Waals surface area contributed by atoms with E-state index < -0.39 is 10.8 Å². The van der Waals surface area contributed by atoms with Crippen LogP contribution in [0.15, 0.2) is 83.5 Å². The van der Waals surface area contributed by atoms with Gasteiger partial charge in [0.05, 0.1) is 16.2 Å². The summed E-state index contributed by atoms with van der Waals surface area (Å²) in [6, 6.07) is 19.9. The Kier molecular flexibility index (Phi) is 5.35. The SMILES string of the molecule is O=C1/C(=C\c2ccccc2[N+](=O)[O-])N=C(c2ccc(Cl)cc2)N1c1ccc(Cl)cc1. The van der Waals surface area contributed by atoms with Crippen LogP contribution in [0.4, 0.5) is 11.4 Å². The number of hydrogen-bond acceptors (Lipinski definition) is 4. The number of benzene rings is 3. The van der Waals surface area contributed by atoms with Crippen LogP contribution in [0.2, 0.25) is 10.0 Å². The van der Waals surface area contributed by atoms with Gasteiger partial charge in [-0.1, -0.05) is 35.3 Å². The second-order valence-corrected chi connectivity index (χ2v) is 7.28. The van der Waals surface area contributed by atoms with E-state index in [-0.39, 0.29) is 11.4 Å². The summed E-state index contributed by atoms with van der Waals surface area (Å²) in [5, 5.41) is 12.4. The first-order valence-corrected chi connectivity index (χ1v) is 9.59. The lowest BCUT2D eigenvalue weighted by atomic mass is 10.1. The zero-order valence-electron chi connectivity index (χ0n) is 15.3. The molecule has 0 fully saturated rings. The van der Waals surface area contributed by atoms with Gasteiger partial charge in [-0.3, -0.25) is 19.8 Å². The first kappa shape index (κ1) is 19.8. The average Bonchev–Trinajstić information content (AvgIpc) is 3.05. The van der Waals surface area contributed by atoms with E-state index in [2.05, 4.69) is 4.99 Å². The number of halogens is 2. The number of para-hydroxylation sites is 1. The third-order valence-corrected chi connectivity index (χ3v) is 4.98. The molecule has 0 bridgehead atoms. The fourth-order valence-electron chi connectivity index (χ4n) is 3.06. The highest BCUT2D eigenvalue weighted by atomic mass is 35.5. The molecule has 0 aliphatic carbocycles. The first-order valence-electron chi connectivity index (χ1n) is 8.84. The molecule has 6 nitrogen and oxygen atoms in total. The minimum Gasteiger partial charge on any atom is -0.266 e. The number of carbonyl (C=O) groups excluding carboxylic acids is 1. The fraction of sp³-hybridized carbons (Fsp3) is 0. The van der Waals surface area contributed by atoms with Crippen LogP contribution < -0.4 is 4.90 Å². The predicted molar refractivity (Wildman–Crippen MR) is 118 cm³/mol. The number of aliphatic imine (C=N–C) groups is 1. The molecule has 8 heteroatoms. The van der Waals surface area contributed by atoms with Crippen LogP contribution in [-0.4, -0.2) is 16.7 Å². The molecule has 1 aliphatic rings.